The molecular weight excluding hydrogens is 354 g/mol. The molecule has 1 N–H and O–H groups in total. The van der Waals surface area contributed by atoms with E-state index in [1.54, 1.807) is 0 Å². The third-order valence-electron chi connectivity index (χ3n) is 3.26. The van der Waals surface area contributed by atoms with E-state index in [1.807, 2.05) is 0 Å². The fraction of sp³-hybridized carbons (Fsp3) is 0.417. The van der Waals surface area contributed by atoms with Crippen LogP contribution in [-0.4, -0.2) is 20.9 Å². The lowest BCUT2D eigenvalue weighted by atomic mass is 10.2. The van der Waals surface area contributed by atoms with Crippen LogP contribution in [0.15, 0.2) is 27.6 Å². The molecular formula is C12H13BrClNO3S. The van der Waals surface area contributed by atoms with Crippen LogP contribution in [0.2, 0.25) is 0 Å². The van der Waals surface area contributed by atoms with Crippen molar-refractivity contribution in [3.63, 3.8) is 0 Å². The predicted octanol–water partition coefficient (Wildman–Crippen LogP) is 2.76. The highest BCUT2D eigenvalue weighted by Gasteiger charge is 2.32. The van der Waals surface area contributed by atoms with Gasteiger partial charge in [-0.25, -0.2) is 8.42 Å². The Hall–Kier alpha value is -0.590. The van der Waals surface area contributed by atoms with E-state index in [4.69, 9.17) is 10.7 Å². The average Bonchev–Trinajstić information content (AvgIpc) is 3.01. The van der Waals surface area contributed by atoms with Crippen molar-refractivity contribution >= 4 is 41.6 Å². The Morgan fingerprint density at radius 3 is 2.68 bits per heavy atom. The van der Waals surface area contributed by atoms with Gasteiger partial charge >= 0.3 is 0 Å². The van der Waals surface area contributed by atoms with E-state index in [2.05, 4.69) is 28.2 Å². The van der Waals surface area contributed by atoms with E-state index in [1.165, 1.54) is 18.2 Å². The van der Waals surface area contributed by atoms with Gasteiger partial charge in [0.2, 0.25) is 0 Å². The van der Waals surface area contributed by atoms with Crippen molar-refractivity contribution in [2.24, 2.45) is 11.8 Å². The number of carbonyl (C=O) groups is 1. The first-order valence-electron chi connectivity index (χ1n) is 5.81. The van der Waals surface area contributed by atoms with Gasteiger partial charge in [0.25, 0.3) is 15.0 Å². The van der Waals surface area contributed by atoms with Crippen molar-refractivity contribution < 1.29 is 13.2 Å². The molecule has 0 aliphatic heterocycles. The van der Waals surface area contributed by atoms with Gasteiger partial charge in [-0.2, -0.15) is 0 Å². The zero-order chi connectivity index (χ0) is 14.2. The zero-order valence-electron chi connectivity index (χ0n) is 10.2. The van der Waals surface area contributed by atoms with Crippen LogP contribution >= 0.6 is 26.6 Å². The molecule has 0 aromatic heterocycles. The van der Waals surface area contributed by atoms with Crippen molar-refractivity contribution in [2.45, 2.75) is 18.2 Å². The minimum Gasteiger partial charge on any atom is -0.352 e. The van der Waals surface area contributed by atoms with Crippen LogP contribution < -0.4 is 5.32 Å². The molecule has 1 aliphatic rings. The molecule has 0 heterocycles. The minimum absolute atomic E-state index is 0.0812. The molecule has 4 nitrogen and oxygen atoms in total. The molecule has 2 atom stereocenters. The molecule has 1 aromatic rings. The van der Waals surface area contributed by atoms with Crippen LogP contribution in [0.25, 0.3) is 0 Å². The van der Waals surface area contributed by atoms with Gasteiger partial charge in [0, 0.05) is 21.7 Å². The van der Waals surface area contributed by atoms with E-state index >= 15 is 0 Å². The summed E-state index contributed by atoms with van der Waals surface area (Å²) >= 11 is 3.23. The number of benzene rings is 1. The highest BCUT2D eigenvalue weighted by atomic mass is 79.9. The molecule has 1 amide bonds. The first-order chi connectivity index (χ1) is 8.79. The quantitative estimate of drug-likeness (QED) is 0.833. The summed E-state index contributed by atoms with van der Waals surface area (Å²) in [5, 5.41) is 2.80. The van der Waals surface area contributed by atoms with Gasteiger partial charge in [-0.15, -0.1) is 0 Å². The van der Waals surface area contributed by atoms with Crippen LogP contribution in [0.1, 0.15) is 23.7 Å². The maximum absolute atomic E-state index is 12.0. The summed E-state index contributed by atoms with van der Waals surface area (Å²) in [6, 6.07) is 4.13. The topological polar surface area (TPSA) is 63.2 Å². The van der Waals surface area contributed by atoms with E-state index in [0.717, 1.165) is 6.42 Å². The number of halogens is 2. The summed E-state index contributed by atoms with van der Waals surface area (Å²) in [6.45, 7) is 2.75. The molecule has 104 valence electrons. The molecule has 0 radical (unpaired) electrons. The second-order valence-electron chi connectivity index (χ2n) is 4.76. The lowest BCUT2D eigenvalue weighted by Gasteiger charge is -2.07. The van der Waals surface area contributed by atoms with Gasteiger partial charge in [0.05, 0.1) is 10.5 Å². The number of rotatable bonds is 4. The summed E-state index contributed by atoms with van der Waals surface area (Å²) in [5.41, 5.74) is 0.273. The minimum atomic E-state index is -3.83. The highest BCUT2D eigenvalue weighted by Crippen LogP contribution is 2.36. The summed E-state index contributed by atoms with van der Waals surface area (Å²) in [7, 11) is 1.44. The van der Waals surface area contributed by atoms with Crippen molar-refractivity contribution in [1.82, 2.24) is 5.32 Å². The molecule has 0 saturated heterocycles. The number of carbonyl (C=O) groups excluding carboxylic acids is 1. The summed E-state index contributed by atoms with van der Waals surface area (Å²) < 4.78 is 23.1. The summed E-state index contributed by atoms with van der Waals surface area (Å²) in [5.74, 6) is 0.883. The molecule has 7 heteroatoms. The number of hydrogen-bond acceptors (Lipinski definition) is 3. The van der Waals surface area contributed by atoms with Crippen LogP contribution in [0.4, 0.5) is 0 Å². The molecule has 0 bridgehead atoms. The Labute approximate surface area is 125 Å². The van der Waals surface area contributed by atoms with E-state index < -0.39 is 9.05 Å². The van der Waals surface area contributed by atoms with Crippen LogP contribution in [-0.2, 0) is 9.05 Å². The zero-order valence-corrected chi connectivity index (χ0v) is 13.3. The molecule has 1 fully saturated rings. The van der Waals surface area contributed by atoms with Crippen molar-refractivity contribution in [3.05, 3.63) is 28.2 Å². The molecule has 0 spiro atoms. The first kappa shape index (κ1) is 14.8. The monoisotopic (exact) mass is 365 g/mol. The standard InChI is InChI=1S/C12H13BrClNO3S/c1-7-4-8(7)6-15-12(16)10-5-9(19(14,17)18)2-3-11(10)13/h2-3,5,7-8H,4,6H2,1H3,(H,15,16). The lowest BCUT2D eigenvalue weighted by Crippen LogP contribution is -2.26. The van der Waals surface area contributed by atoms with Crippen LogP contribution in [0.5, 0.6) is 0 Å². The number of hydrogen-bond donors (Lipinski definition) is 1. The molecule has 1 aromatic carbocycles. The van der Waals surface area contributed by atoms with Crippen LogP contribution in [0, 0.1) is 11.8 Å². The lowest BCUT2D eigenvalue weighted by molar-refractivity contribution is 0.0950. The molecule has 1 aliphatic carbocycles. The van der Waals surface area contributed by atoms with Gasteiger partial charge in [-0.1, -0.05) is 6.92 Å². The smallest absolute Gasteiger partial charge is 0.261 e. The Morgan fingerprint density at radius 1 is 1.53 bits per heavy atom. The van der Waals surface area contributed by atoms with E-state index in [0.29, 0.717) is 22.9 Å². The maximum Gasteiger partial charge on any atom is 0.261 e. The molecule has 2 rings (SSSR count). The Bertz CT molecular complexity index is 617. The van der Waals surface area contributed by atoms with Crippen molar-refractivity contribution in [3.8, 4) is 0 Å². The van der Waals surface area contributed by atoms with Gasteiger partial charge in [0.15, 0.2) is 0 Å². The summed E-state index contributed by atoms with van der Waals surface area (Å²) in [6.07, 6.45) is 1.12. The van der Waals surface area contributed by atoms with E-state index in [-0.39, 0.29) is 16.4 Å². The van der Waals surface area contributed by atoms with Gasteiger partial charge in [-0.05, 0) is 52.4 Å². The Morgan fingerprint density at radius 2 is 2.16 bits per heavy atom. The van der Waals surface area contributed by atoms with Crippen LogP contribution in [0.3, 0.4) is 0 Å². The first-order valence-corrected chi connectivity index (χ1v) is 8.91. The third kappa shape index (κ3) is 3.70. The van der Waals surface area contributed by atoms with E-state index in [9.17, 15) is 13.2 Å². The fourth-order valence-electron chi connectivity index (χ4n) is 1.83. The highest BCUT2D eigenvalue weighted by molar-refractivity contribution is 9.10. The maximum atomic E-state index is 12.0. The molecule has 19 heavy (non-hydrogen) atoms. The SMILES string of the molecule is CC1CC1CNC(=O)c1cc(S(=O)(=O)Cl)ccc1Br. The second kappa shape index (κ2) is 5.42. The van der Waals surface area contributed by atoms with Gasteiger partial charge < -0.3 is 5.32 Å². The third-order valence-corrected chi connectivity index (χ3v) is 5.31. The Balaban J connectivity index is 2.16. The molecule has 1 saturated carbocycles. The number of amides is 1. The largest absolute Gasteiger partial charge is 0.352 e. The normalized spacial score (nSPS) is 22.1. The predicted molar refractivity (Wildman–Crippen MR) is 76.8 cm³/mol. The second-order valence-corrected chi connectivity index (χ2v) is 8.18. The van der Waals surface area contributed by atoms with Crippen molar-refractivity contribution in [2.75, 3.05) is 6.54 Å². The summed E-state index contributed by atoms with van der Waals surface area (Å²) in [4.78, 5) is 11.9. The van der Waals surface area contributed by atoms with Crippen molar-refractivity contribution in [1.29, 1.82) is 0 Å². The van der Waals surface area contributed by atoms with Gasteiger partial charge in [0.1, 0.15) is 0 Å². The van der Waals surface area contributed by atoms with Gasteiger partial charge in [-0.3, -0.25) is 4.79 Å². The average molecular weight is 367 g/mol. The fourth-order valence-corrected chi connectivity index (χ4v) is 3.04. The Kier molecular flexibility index (Phi) is 4.23. The molecule has 2 unspecified atom stereocenters. The number of nitrogens with one attached hydrogen (secondary N) is 1.